The average Bonchev–Trinajstić information content (AvgIpc) is 2.97. The first-order chi connectivity index (χ1) is 9.38. The van der Waals surface area contributed by atoms with E-state index in [0.717, 1.165) is 22.3 Å². The number of para-hydroxylation sites is 1. The lowest BCUT2D eigenvalue weighted by atomic mass is 10.1. The molecule has 0 atom stereocenters. The minimum atomic E-state index is 0.540. The molecule has 2 N–H and O–H groups in total. The molecule has 0 aliphatic heterocycles. The molecule has 0 amide bonds. The number of benzene rings is 1. The molecule has 2 heterocycles. The minimum absolute atomic E-state index is 0.540. The van der Waals surface area contributed by atoms with E-state index < -0.39 is 0 Å². The third-order valence-electron chi connectivity index (χ3n) is 2.91. The van der Waals surface area contributed by atoms with Crippen molar-refractivity contribution in [3.05, 3.63) is 54.0 Å². The third kappa shape index (κ3) is 2.11. The molecule has 19 heavy (non-hydrogen) atoms. The quantitative estimate of drug-likeness (QED) is 0.747. The Balaban J connectivity index is 2.02. The van der Waals surface area contributed by atoms with Gasteiger partial charge in [-0.25, -0.2) is 0 Å². The van der Waals surface area contributed by atoms with Crippen LogP contribution in [0.5, 0.6) is 0 Å². The summed E-state index contributed by atoms with van der Waals surface area (Å²) in [6, 6.07) is 11.8. The highest BCUT2D eigenvalue weighted by Crippen LogP contribution is 2.25. The zero-order valence-corrected chi connectivity index (χ0v) is 10.1. The zero-order chi connectivity index (χ0) is 13.1. The summed E-state index contributed by atoms with van der Waals surface area (Å²) in [5.41, 5.74) is 3.18. The Bertz CT molecular complexity index is 740. The maximum absolute atomic E-state index is 9.18. The SMILES string of the molecule is N#Cc1cnc2ccccc2c1NCc1ccn[nH]1. The Morgan fingerprint density at radius 2 is 2.16 bits per heavy atom. The molecule has 5 heteroatoms. The highest BCUT2D eigenvalue weighted by atomic mass is 15.1. The molecule has 3 aromatic rings. The summed E-state index contributed by atoms with van der Waals surface area (Å²) >= 11 is 0. The third-order valence-corrected chi connectivity index (χ3v) is 2.91. The van der Waals surface area contributed by atoms with E-state index in [1.807, 2.05) is 30.3 Å². The first-order valence-corrected chi connectivity index (χ1v) is 5.88. The topological polar surface area (TPSA) is 77.4 Å². The van der Waals surface area contributed by atoms with Crippen molar-refractivity contribution >= 4 is 16.6 Å². The van der Waals surface area contributed by atoms with Gasteiger partial charge in [-0.1, -0.05) is 18.2 Å². The van der Waals surface area contributed by atoms with Crippen molar-refractivity contribution in [1.29, 1.82) is 5.26 Å². The number of hydrogen-bond acceptors (Lipinski definition) is 4. The Labute approximate surface area is 109 Å². The molecule has 3 rings (SSSR count). The first-order valence-electron chi connectivity index (χ1n) is 5.88. The lowest BCUT2D eigenvalue weighted by Crippen LogP contribution is -2.03. The molecule has 2 aromatic heterocycles. The second-order valence-electron chi connectivity index (χ2n) is 4.11. The molecule has 0 spiro atoms. The molecule has 92 valence electrons. The van der Waals surface area contributed by atoms with Gasteiger partial charge in [-0.15, -0.1) is 0 Å². The van der Waals surface area contributed by atoms with Gasteiger partial charge >= 0.3 is 0 Å². The van der Waals surface area contributed by atoms with Crippen LogP contribution in [0.2, 0.25) is 0 Å². The fourth-order valence-corrected chi connectivity index (χ4v) is 1.98. The number of fused-ring (bicyclic) bond motifs is 1. The van der Waals surface area contributed by atoms with E-state index in [1.54, 1.807) is 12.4 Å². The molecule has 5 nitrogen and oxygen atoms in total. The summed E-state index contributed by atoms with van der Waals surface area (Å²) in [6.07, 6.45) is 3.30. The highest BCUT2D eigenvalue weighted by Gasteiger charge is 2.08. The van der Waals surface area contributed by atoms with Gasteiger partial charge in [-0.3, -0.25) is 10.1 Å². The highest BCUT2D eigenvalue weighted by molar-refractivity contribution is 5.93. The van der Waals surface area contributed by atoms with E-state index in [-0.39, 0.29) is 0 Å². The van der Waals surface area contributed by atoms with Gasteiger partial charge in [0.1, 0.15) is 6.07 Å². The number of rotatable bonds is 3. The summed E-state index contributed by atoms with van der Waals surface area (Å²) in [7, 11) is 0. The Morgan fingerprint density at radius 3 is 2.95 bits per heavy atom. The van der Waals surface area contributed by atoms with Gasteiger partial charge in [0.25, 0.3) is 0 Å². The van der Waals surface area contributed by atoms with Crippen LogP contribution in [0.25, 0.3) is 10.9 Å². The summed E-state index contributed by atoms with van der Waals surface area (Å²) < 4.78 is 0. The van der Waals surface area contributed by atoms with Crippen LogP contribution in [0.3, 0.4) is 0 Å². The van der Waals surface area contributed by atoms with Gasteiger partial charge in [0.15, 0.2) is 0 Å². The van der Waals surface area contributed by atoms with Gasteiger partial charge < -0.3 is 5.32 Å². The Kier molecular flexibility index (Phi) is 2.83. The van der Waals surface area contributed by atoms with Crippen molar-refractivity contribution in [1.82, 2.24) is 15.2 Å². The van der Waals surface area contributed by atoms with Crippen LogP contribution in [0.1, 0.15) is 11.3 Å². The van der Waals surface area contributed by atoms with Crippen LogP contribution in [0.15, 0.2) is 42.7 Å². The minimum Gasteiger partial charge on any atom is -0.378 e. The molecule has 0 fully saturated rings. The second-order valence-corrected chi connectivity index (χ2v) is 4.11. The predicted octanol–water partition coefficient (Wildman–Crippen LogP) is 2.44. The van der Waals surface area contributed by atoms with Crippen LogP contribution < -0.4 is 5.32 Å². The summed E-state index contributed by atoms with van der Waals surface area (Å²) in [5, 5.41) is 20.2. The predicted molar refractivity (Wildman–Crippen MR) is 72.4 cm³/mol. The average molecular weight is 249 g/mol. The molecule has 0 bridgehead atoms. The molecular formula is C14H11N5. The maximum Gasteiger partial charge on any atom is 0.103 e. The van der Waals surface area contributed by atoms with Crippen molar-refractivity contribution in [2.75, 3.05) is 5.32 Å². The first kappa shape index (κ1) is 11.2. The van der Waals surface area contributed by atoms with Crippen molar-refractivity contribution in [2.45, 2.75) is 6.54 Å². The summed E-state index contributed by atoms with van der Waals surface area (Å²) in [4.78, 5) is 4.27. The number of pyridine rings is 1. The number of aromatic amines is 1. The van der Waals surface area contributed by atoms with Crippen LogP contribution in [-0.2, 0) is 6.54 Å². The Hall–Kier alpha value is -2.87. The fourth-order valence-electron chi connectivity index (χ4n) is 1.98. The number of H-pyrrole nitrogens is 1. The summed E-state index contributed by atoms with van der Waals surface area (Å²) in [6.45, 7) is 0.586. The second kappa shape index (κ2) is 4.78. The van der Waals surface area contributed by atoms with Gasteiger partial charge in [-0.2, -0.15) is 10.4 Å². The van der Waals surface area contributed by atoms with E-state index in [9.17, 15) is 5.26 Å². The van der Waals surface area contributed by atoms with Crippen molar-refractivity contribution in [3.8, 4) is 6.07 Å². The molecule has 0 saturated carbocycles. The van der Waals surface area contributed by atoms with E-state index in [4.69, 9.17) is 0 Å². The number of anilines is 1. The van der Waals surface area contributed by atoms with Crippen LogP contribution in [-0.4, -0.2) is 15.2 Å². The number of hydrogen-bond donors (Lipinski definition) is 2. The number of aromatic nitrogens is 3. The normalized spacial score (nSPS) is 10.3. The van der Waals surface area contributed by atoms with E-state index in [2.05, 4.69) is 26.6 Å². The number of nitrogens with zero attached hydrogens (tertiary/aromatic N) is 3. The van der Waals surface area contributed by atoms with Crippen molar-refractivity contribution in [3.63, 3.8) is 0 Å². The van der Waals surface area contributed by atoms with Gasteiger partial charge in [0, 0.05) is 17.8 Å². The van der Waals surface area contributed by atoms with E-state index in [0.29, 0.717) is 12.1 Å². The Morgan fingerprint density at radius 1 is 1.26 bits per heavy atom. The molecule has 0 aliphatic carbocycles. The molecule has 0 aliphatic rings. The van der Waals surface area contributed by atoms with E-state index >= 15 is 0 Å². The monoisotopic (exact) mass is 249 g/mol. The molecular weight excluding hydrogens is 238 g/mol. The van der Waals surface area contributed by atoms with Crippen LogP contribution in [0, 0.1) is 11.3 Å². The van der Waals surface area contributed by atoms with Gasteiger partial charge in [0.2, 0.25) is 0 Å². The van der Waals surface area contributed by atoms with Crippen molar-refractivity contribution in [2.24, 2.45) is 0 Å². The molecule has 1 aromatic carbocycles. The lowest BCUT2D eigenvalue weighted by molar-refractivity contribution is 0.982. The largest absolute Gasteiger partial charge is 0.378 e. The van der Waals surface area contributed by atoms with Gasteiger partial charge in [-0.05, 0) is 12.1 Å². The molecule has 0 unspecified atom stereocenters. The fraction of sp³-hybridized carbons (Fsp3) is 0.0714. The molecule has 0 saturated heterocycles. The number of nitriles is 1. The molecule has 0 radical (unpaired) electrons. The van der Waals surface area contributed by atoms with E-state index in [1.165, 1.54) is 0 Å². The standard InChI is InChI=1S/C14H11N5/c15-7-10-8-16-13-4-2-1-3-12(13)14(10)17-9-11-5-6-18-19-11/h1-6,8H,9H2,(H,16,17)(H,18,19). The zero-order valence-electron chi connectivity index (χ0n) is 10.1. The van der Waals surface area contributed by atoms with Gasteiger partial charge in [0.05, 0.1) is 29.0 Å². The van der Waals surface area contributed by atoms with Crippen molar-refractivity contribution < 1.29 is 0 Å². The lowest BCUT2D eigenvalue weighted by Gasteiger charge is -2.10. The van der Waals surface area contributed by atoms with Crippen LogP contribution >= 0.6 is 0 Å². The smallest absolute Gasteiger partial charge is 0.103 e. The van der Waals surface area contributed by atoms with Crippen LogP contribution in [0.4, 0.5) is 5.69 Å². The number of nitrogens with one attached hydrogen (secondary N) is 2. The maximum atomic E-state index is 9.18. The summed E-state index contributed by atoms with van der Waals surface area (Å²) in [5.74, 6) is 0.